The van der Waals surface area contributed by atoms with Crippen LogP contribution in [-0.4, -0.2) is 15.7 Å². The average Bonchev–Trinajstić information content (AvgIpc) is 3.39. The fourth-order valence-electron chi connectivity index (χ4n) is 2.83. The van der Waals surface area contributed by atoms with E-state index in [0.717, 1.165) is 6.07 Å². The number of hydrogen-bond donors (Lipinski definition) is 1. The van der Waals surface area contributed by atoms with Crippen molar-refractivity contribution < 1.29 is 22.7 Å². The van der Waals surface area contributed by atoms with E-state index in [4.69, 9.17) is 20.8 Å². The van der Waals surface area contributed by atoms with Crippen LogP contribution >= 0.6 is 11.6 Å². The first-order chi connectivity index (χ1) is 15.0. The highest BCUT2D eigenvalue weighted by Gasteiger charge is 2.14. The van der Waals surface area contributed by atoms with Crippen LogP contribution < -0.4 is 10.1 Å². The summed E-state index contributed by atoms with van der Waals surface area (Å²) in [5, 5.41) is 6.93. The molecule has 0 aliphatic heterocycles. The van der Waals surface area contributed by atoms with Crippen molar-refractivity contribution in [3.8, 4) is 5.75 Å². The van der Waals surface area contributed by atoms with Crippen molar-refractivity contribution in [3.63, 3.8) is 0 Å². The molecule has 0 radical (unpaired) electrons. The van der Waals surface area contributed by atoms with Gasteiger partial charge in [-0.25, -0.2) is 8.78 Å². The monoisotopic (exact) mass is 443 g/mol. The number of furan rings is 1. The Bertz CT molecular complexity index is 1220. The summed E-state index contributed by atoms with van der Waals surface area (Å²) in [5.74, 6) is -0.502. The molecule has 4 rings (SSSR count). The number of aromatic nitrogens is 2. The minimum Gasteiger partial charge on any atom is -0.484 e. The van der Waals surface area contributed by atoms with Gasteiger partial charge < -0.3 is 14.5 Å². The van der Waals surface area contributed by atoms with Gasteiger partial charge in [0.15, 0.2) is 5.76 Å². The van der Waals surface area contributed by atoms with Crippen LogP contribution in [0.15, 0.2) is 71.4 Å². The van der Waals surface area contributed by atoms with Gasteiger partial charge in [0.1, 0.15) is 29.8 Å². The smallest absolute Gasteiger partial charge is 0.291 e. The van der Waals surface area contributed by atoms with Gasteiger partial charge >= 0.3 is 0 Å². The average molecular weight is 444 g/mol. The second kappa shape index (κ2) is 9.01. The quantitative estimate of drug-likeness (QED) is 0.421. The maximum absolute atomic E-state index is 13.8. The summed E-state index contributed by atoms with van der Waals surface area (Å²) in [7, 11) is 0. The Hall–Kier alpha value is -3.65. The van der Waals surface area contributed by atoms with Crippen LogP contribution in [0.5, 0.6) is 5.75 Å². The van der Waals surface area contributed by atoms with Crippen molar-refractivity contribution >= 4 is 23.2 Å². The lowest BCUT2D eigenvalue weighted by Gasteiger charge is -2.06. The predicted molar refractivity (Wildman–Crippen MR) is 110 cm³/mol. The Morgan fingerprint density at radius 2 is 2.00 bits per heavy atom. The molecule has 0 saturated heterocycles. The number of anilines is 1. The lowest BCUT2D eigenvalue weighted by molar-refractivity contribution is 0.0992. The summed E-state index contributed by atoms with van der Waals surface area (Å²) in [6.07, 6.45) is 3.05. The molecule has 0 atom stereocenters. The molecule has 2 aromatic heterocycles. The van der Waals surface area contributed by atoms with E-state index in [9.17, 15) is 13.6 Å². The summed E-state index contributed by atoms with van der Waals surface area (Å²) in [4.78, 5) is 12.4. The van der Waals surface area contributed by atoms with Crippen molar-refractivity contribution in [2.24, 2.45) is 0 Å². The Balaban J connectivity index is 1.35. The Morgan fingerprint density at radius 3 is 2.81 bits per heavy atom. The van der Waals surface area contributed by atoms with E-state index >= 15 is 0 Å². The number of carbonyl (C=O) groups is 1. The molecule has 31 heavy (non-hydrogen) atoms. The lowest BCUT2D eigenvalue weighted by Crippen LogP contribution is -2.10. The largest absolute Gasteiger partial charge is 0.484 e. The number of carbonyl (C=O) groups excluding carboxylic acids is 1. The van der Waals surface area contributed by atoms with E-state index in [2.05, 4.69) is 10.4 Å². The molecule has 0 unspecified atom stereocenters. The molecule has 0 saturated carbocycles. The Kier molecular flexibility index (Phi) is 5.99. The molecule has 0 spiro atoms. The van der Waals surface area contributed by atoms with E-state index in [1.807, 2.05) is 0 Å². The van der Waals surface area contributed by atoms with Crippen LogP contribution in [0.3, 0.4) is 0 Å². The first-order valence-corrected chi connectivity index (χ1v) is 9.59. The molecular formula is C22H16ClF2N3O3. The highest BCUT2D eigenvalue weighted by Crippen LogP contribution is 2.26. The molecule has 0 aliphatic carbocycles. The zero-order valence-electron chi connectivity index (χ0n) is 16.0. The third-order valence-corrected chi connectivity index (χ3v) is 4.63. The van der Waals surface area contributed by atoms with Crippen LogP contribution in [0, 0.1) is 11.6 Å². The molecule has 2 aromatic carbocycles. The summed E-state index contributed by atoms with van der Waals surface area (Å²) >= 11 is 5.91. The number of benzene rings is 2. The SMILES string of the molecule is O=C(Nc1cnn(Cc2ccccc2F)c1)c1ccc(COc2ccc(F)cc2Cl)o1. The van der Waals surface area contributed by atoms with Gasteiger partial charge in [-0.1, -0.05) is 29.8 Å². The second-order valence-electron chi connectivity index (χ2n) is 6.60. The van der Waals surface area contributed by atoms with Crippen molar-refractivity contribution in [3.05, 3.63) is 101 Å². The second-order valence-corrected chi connectivity index (χ2v) is 7.01. The first kappa shape index (κ1) is 20.6. The summed E-state index contributed by atoms with van der Waals surface area (Å²) < 4.78 is 39.4. The number of amides is 1. The van der Waals surface area contributed by atoms with Crippen LogP contribution in [0.2, 0.25) is 5.02 Å². The molecule has 9 heteroatoms. The van der Waals surface area contributed by atoms with Gasteiger partial charge in [-0.3, -0.25) is 9.48 Å². The van der Waals surface area contributed by atoms with Crippen LogP contribution in [0.4, 0.5) is 14.5 Å². The number of hydrogen-bond acceptors (Lipinski definition) is 4. The Labute approximate surface area is 181 Å². The van der Waals surface area contributed by atoms with Crippen LogP contribution in [0.1, 0.15) is 21.9 Å². The van der Waals surface area contributed by atoms with Crippen LogP contribution in [-0.2, 0) is 13.2 Å². The Morgan fingerprint density at radius 1 is 1.16 bits per heavy atom. The van der Waals surface area contributed by atoms with Gasteiger partial charge in [0.2, 0.25) is 0 Å². The van der Waals surface area contributed by atoms with Crippen molar-refractivity contribution in [2.75, 3.05) is 5.32 Å². The highest BCUT2D eigenvalue weighted by atomic mass is 35.5. The van der Waals surface area contributed by atoms with E-state index in [-0.39, 0.29) is 29.8 Å². The highest BCUT2D eigenvalue weighted by molar-refractivity contribution is 6.32. The predicted octanol–water partition coefficient (Wildman–Crippen LogP) is 5.29. The van der Waals surface area contributed by atoms with Gasteiger partial charge in [-0.15, -0.1) is 0 Å². The number of nitrogens with one attached hydrogen (secondary N) is 1. The van der Waals surface area contributed by atoms with Gasteiger partial charge in [0, 0.05) is 11.8 Å². The van der Waals surface area contributed by atoms with Gasteiger partial charge in [0.25, 0.3) is 5.91 Å². The number of halogens is 3. The maximum Gasteiger partial charge on any atom is 0.291 e. The summed E-state index contributed by atoms with van der Waals surface area (Å²) in [6, 6.07) is 13.3. The topological polar surface area (TPSA) is 69.3 Å². The van der Waals surface area contributed by atoms with E-state index in [1.54, 1.807) is 30.5 Å². The van der Waals surface area contributed by atoms with E-state index in [1.165, 1.54) is 35.1 Å². The molecule has 0 bridgehead atoms. The minimum atomic E-state index is -0.475. The fraction of sp³-hybridized carbons (Fsp3) is 0.0909. The molecule has 1 amide bonds. The number of rotatable bonds is 7. The number of nitrogens with zero attached hydrogens (tertiary/aromatic N) is 2. The normalized spacial score (nSPS) is 10.8. The summed E-state index contributed by atoms with van der Waals surface area (Å²) in [6.45, 7) is 0.246. The molecule has 0 fully saturated rings. The molecular weight excluding hydrogens is 428 g/mol. The molecule has 2 heterocycles. The summed E-state index contributed by atoms with van der Waals surface area (Å²) in [5.41, 5.74) is 0.925. The fourth-order valence-corrected chi connectivity index (χ4v) is 3.05. The van der Waals surface area contributed by atoms with E-state index in [0.29, 0.717) is 22.8 Å². The van der Waals surface area contributed by atoms with E-state index < -0.39 is 11.7 Å². The minimum absolute atomic E-state index is 0.0131. The zero-order valence-corrected chi connectivity index (χ0v) is 16.8. The molecule has 0 aliphatic rings. The van der Waals surface area contributed by atoms with Gasteiger partial charge in [-0.05, 0) is 36.4 Å². The van der Waals surface area contributed by atoms with Crippen molar-refractivity contribution in [1.29, 1.82) is 0 Å². The molecule has 1 N–H and O–H groups in total. The van der Waals surface area contributed by atoms with Crippen molar-refractivity contribution in [2.45, 2.75) is 13.2 Å². The third kappa shape index (κ3) is 5.10. The third-order valence-electron chi connectivity index (χ3n) is 4.33. The lowest BCUT2D eigenvalue weighted by atomic mass is 10.2. The van der Waals surface area contributed by atoms with Crippen molar-refractivity contribution in [1.82, 2.24) is 9.78 Å². The number of ether oxygens (including phenoxy) is 1. The zero-order chi connectivity index (χ0) is 21.8. The van der Waals surface area contributed by atoms with Gasteiger partial charge in [0.05, 0.1) is 23.5 Å². The molecule has 6 nitrogen and oxygen atoms in total. The standard InChI is InChI=1S/C22H16ClF2N3O3/c23-18-9-15(24)5-7-20(18)30-13-17-6-8-21(31-17)22(29)27-16-10-26-28(12-16)11-14-3-1-2-4-19(14)25/h1-10,12H,11,13H2,(H,27,29). The molecule has 158 valence electrons. The first-order valence-electron chi connectivity index (χ1n) is 9.22. The van der Waals surface area contributed by atoms with Crippen LogP contribution in [0.25, 0.3) is 0 Å². The maximum atomic E-state index is 13.8. The molecule has 4 aromatic rings. The van der Waals surface area contributed by atoms with Gasteiger partial charge in [-0.2, -0.15) is 5.10 Å².